The topological polar surface area (TPSA) is 29.1 Å². The zero-order valence-corrected chi connectivity index (χ0v) is 9.03. The minimum Gasteiger partial charge on any atom is -0.305 e. The molecule has 0 aliphatic rings. The molecular formula is C11H19NO. The van der Waals surface area contributed by atoms with Gasteiger partial charge in [-0.3, -0.25) is 4.79 Å². The second-order valence-corrected chi connectivity index (χ2v) is 4.07. The molecule has 13 heavy (non-hydrogen) atoms. The first-order valence-electron chi connectivity index (χ1n) is 4.62. The second-order valence-electron chi connectivity index (χ2n) is 4.07. The lowest BCUT2D eigenvalue weighted by atomic mass is 10.1. The highest BCUT2D eigenvalue weighted by molar-refractivity contribution is 5.80. The van der Waals surface area contributed by atoms with Crippen molar-refractivity contribution in [1.29, 1.82) is 0 Å². The molecule has 0 bridgehead atoms. The molecule has 0 atom stereocenters. The molecule has 2 heteroatoms. The predicted molar refractivity (Wildman–Crippen MR) is 55.4 cm³/mol. The third-order valence-corrected chi connectivity index (χ3v) is 1.52. The Labute approximate surface area is 81.1 Å². The normalized spacial score (nSPS) is 10.5. The Hall–Kier alpha value is -0.810. The Morgan fingerprint density at radius 1 is 1.38 bits per heavy atom. The molecule has 0 aliphatic heterocycles. The van der Waals surface area contributed by atoms with E-state index in [2.05, 4.69) is 17.2 Å². The lowest BCUT2D eigenvalue weighted by Gasteiger charge is -2.19. The van der Waals surface area contributed by atoms with Crippen LogP contribution >= 0.6 is 0 Å². The van der Waals surface area contributed by atoms with Crippen LogP contribution in [0.4, 0.5) is 0 Å². The van der Waals surface area contributed by atoms with Crippen LogP contribution in [0.5, 0.6) is 0 Å². The molecule has 0 aliphatic carbocycles. The van der Waals surface area contributed by atoms with Crippen molar-refractivity contribution in [2.45, 2.75) is 46.1 Å². The maximum absolute atomic E-state index is 11.2. The highest BCUT2D eigenvalue weighted by atomic mass is 16.1. The highest BCUT2D eigenvalue weighted by Crippen LogP contribution is 1.98. The van der Waals surface area contributed by atoms with Gasteiger partial charge in [0.1, 0.15) is 5.78 Å². The molecule has 1 N–H and O–H groups in total. The summed E-state index contributed by atoms with van der Waals surface area (Å²) in [5.41, 5.74) is 0.0199. The number of ketones is 1. The molecule has 0 amide bonds. The van der Waals surface area contributed by atoms with Gasteiger partial charge in [0.15, 0.2) is 0 Å². The summed E-state index contributed by atoms with van der Waals surface area (Å²) in [6.07, 6.45) is 1.24. The first-order chi connectivity index (χ1) is 5.95. The third kappa shape index (κ3) is 9.10. The van der Waals surface area contributed by atoms with Gasteiger partial charge in [-0.05, 0) is 27.7 Å². The quantitative estimate of drug-likeness (QED) is 0.669. The van der Waals surface area contributed by atoms with Crippen LogP contribution in [0.2, 0.25) is 0 Å². The van der Waals surface area contributed by atoms with Gasteiger partial charge >= 0.3 is 0 Å². The van der Waals surface area contributed by atoms with E-state index in [4.69, 9.17) is 0 Å². The van der Waals surface area contributed by atoms with E-state index >= 15 is 0 Å². The zero-order chi connectivity index (χ0) is 10.3. The molecule has 0 radical (unpaired) electrons. The molecule has 0 saturated heterocycles. The summed E-state index contributed by atoms with van der Waals surface area (Å²) >= 11 is 0. The van der Waals surface area contributed by atoms with E-state index in [0.717, 1.165) is 0 Å². The van der Waals surface area contributed by atoms with E-state index in [1.807, 2.05) is 20.8 Å². The second kappa shape index (κ2) is 5.77. The standard InChI is InChI=1S/C11H19NO/c1-5-6-7-8-10(13)9-12-11(2,3)4/h12H,7-9H2,1-4H3. The van der Waals surface area contributed by atoms with E-state index in [1.54, 1.807) is 6.92 Å². The molecule has 0 aromatic heterocycles. The molecule has 2 nitrogen and oxygen atoms in total. The van der Waals surface area contributed by atoms with Crippen molar-refractivity contribution < 1.29 is 4.79 Å². The molecule has 0 rings (SSSR count). The Morgan fingerprint density at radius 2 is 2.00 bits per heavy atom. The number of carbonyl (C=O) groups is 1. The highest BCUT2D eigenvalue weighted by Gasteiger charge is 2.10. The summed E-state index contributed by atoms with van der Waals surface area (Å²) in [4.78, 5) is 11.2. The summed E-state index contributed by atoms with van der Waals surface area (Å²) in [6.45, 7) is 8.39. The number of hydrogen-bond acceptors (Lipinski definition) is 2. The number of carbonyl (C=O) groups excluding carboxylic acids is 1. The van der Waals surface area contributed by atoms with Crippen LogP contribution in [0.25, 0.3) is 0 Å². The van der Waals surface area contributed by atoms with Crippen LogP contribution in [-0.4, -0.2) is 17.9 Å². The van der Waals surface area contributed by atoms with E-state index < -0.39 is 0 Å². The average Bonchev–Trinajstić information content (AvgIpc) is 2.00. The van der Waals surface area contributed by atoms with Crippen LogP contribution in [0.3, 0.4) is 0 Å². The fourth-order valence-electron chi connectivity index (χ4n) is 0.779. The van der Waals surface area contributed by atoms with E-state index in [1.165, 1.54) is 0 Å². The average molecular weight is 181 g/mol. The van der Waals surface area contributed by atoms with Gasteiger partial charge < -0.3 is 5.32 Å². The van der Waals surface area contributed by atoms with Gasteiger partial charge in [-0.1, -0.05) is 0 Å². The van der Waals surface area contributed by atoms with Gasteiger partial charge in [0.05, 0.1) is 6.54 Å². The van der Waals surface area contributed by atoms with Gasteiger partial charge in [0.25, 0.3) is 0 Å². The Kier molecular flexibility index (Phi) is 5.41. The van der Waals surface area contributed by atoms with Gasteiger partial charge in [-0.25, -0.2) is 0 Å². The minimum absolute atomic E-state index is 0.0199. The molecule has 74 valence electrons. The molecule has 0 unspecified atom stereocenters. The molecule has 0 fully saturated rings. The van der Waals surface area contributed by atoms with Crippen molar-refractivity contribution in [3.63, 3.8) is 0 Å². The summed E-state index contributed by atoms with van der Waals surface area (Å²) in [7, 11) is 0. The van der Waals surface area contributed by atoms with Crippen LogP contribution < -0.4 is 5.32 Å². The molecule has 0 aromatic rings. The number of Topliss-reactive ketones (excluding diaryl/α,β-unsaturated/α-hetero) is 1. The van der Waals surface area contributed by atoms with Crippen molar-refractivity contribution in [3.8, 4) is 11.8 Å². The molecule has 0 spiro atoms. The number of rotatable bonds is 4. The monoisotopic (exact) mass is 181 g/mol. The fourth-order valence-corrected chi connectivity index (χ4v) is 0.779. The van der Waals surface area contributed by atoms with E-state index in [-0.39, 0.29) is 11.3 Å². The van der Waals surface area contributed by atoms with Crippen LogP contribution in [0, 0.1) is 11.8 Å². The summed E-state index contributed by atoms with van der Waals surface area (Å²) in [5.74, 6) is 5.88. The van der Waals surface area contributed by atoms with Gasteiger partial charge in [-0.15, -0.1) is 11.8 Å². The Morgan fingerprint density at radius 3 is 2.46 bits per heavy atom. The lowest BCUT2D eigenvalue weighted by molar-refractivity contribution is -0.118. The lowest BCUT2D eigenvalue weighted by Crippen LogP contribution is -2.39. The number of nitrogens with one attached hydrogen (secondary N) is 1. The summed E-state index contributed by atoms with van der Waals surface area (Å²) in [5, 5.41) is 3.15. The SMILES string of the molecule is CC#CCCC(=O)CNC(C)(C)C. The molecule has 0 aromatic carbocycles. The first kappa shape index (κ1) is 12.2. The predicted octanol–water partition coefficient (Wildman–Crippen LogP) is 1.75. The van der Waals surface area contributed by atoms with Gasteiger partial charge in [0.2, 0.25) is 0 Å². The van der Waals surface area contributed by atoms with E-state index in [0.29, 0.717) is 19.4 Å². The summed E-state index contributed by atoms with van der Waals surface area (Å²) < 4.78 is 0. The van der Waals surface area contributed by atoms with Crippen molar-refractivity contribution in [1.82, 2.24) is 5.32 Å². The Balaban J connectivity index is 3.56. The van der Waals surface area contributed by atoms with Gasteiger partial charge in [-0.2, -0.15) is 0 Å². The summed E-state index contributed by atoms with van der Waals surface area (Å²) in [6, 6.07) is 0. The van der Waals surface area contributed by atoms with Crippen molar-refractivity contribution >= 4 is 5.78 Å². The van der Waals surface area contributed by atoms with Crippen LogP contribution in [0.15, 0.2) is 0 Å². The number of hydrogen-bond donors (Lipinski definition) is 1. The van der Waals surface area contributed by atoms with Crippen LogP contribution in [0.1, 0.15) is 40.5 Å². The van der Waals surface area contributed by atoms with Crippen molar-refractivity contribution in [2.75, 3.05) is 6.54 Å². The minimum atomic E-state index is 0.0199. The van der Waals surface area contributed by atoms with Crippen molar-refractivity contribution in [2.24, 2.45) is 0 Å². The molecular weight excluding hydrogens is 162 g/mol. The Bertz CT molecular complexity index is 214. The maximum atomic E-state index is 11.2. The van der Waals surface area contributed by atoms with Crippen molar-refractivity contribution in [3.05, 3.63) is 0 Å². The third-order valence-electron chi connectivity index (χ3n) is 1.52. The molecule has 0 saturated carbocycles. The van der Waals surface area contributed by atoms with Gasteiger partial charge in [0, 0.05) is 18.4 Å². The smallest absolute Gasteiger partial charge is 0.147 e. The zero-order valence-electron chi connectivity index (χ0n) is 9.03. The van der Waals surface area contributed by atoms with Crippen LogP contribution in [-0.2, 0) is 4.79 Å². The maximum Gasteiger partial charge on any atom is 0.147 e. The first-order valence-corrected chi connectivity index (χ1v) is 4.62. The largest absolute Gasteiger partial charge is 0.305 e. The fraction of sp³-hybridized carbons (Fsp3) is 0.727. The van der Waals surface area contributed by atoms with E-state index in [9.17, 15) is 4.79 Å². The molecule has 0 heterocycles.